The predicted molar refractivity (Wildman–Crippen MR) is 80.8 cm³/mol. The second kappa shape index (κ2) is 8.31. The molecule has 5 heteroatoms. The van der Waals surface area contributed by atoms with Crippen molar-refractivity contribution in [2.24, 2.45) is 5.73 Å². The number of thiocarbonyl (C=S) groups is 1. The maximum Gasteiger partial charge on any atom is 0.124 e. The van der Waals surface area contributed by atoms with Gasteiger partial charge in [-0.2, -0.15) is 11.8 Å². The van der Waals surface area contributed by atoms with E-state index in [1.165, 1.54) is 18.6 Å². The Morgan fingerprint density at radius 3 is 3.00 bits per heavy atom. The van der Waals surface area contributed by atoms with Crippen molar-refractivity contribution >= 4 is 34.7 Å². The third kappa shape index (κ3) is 5.37. The van der Waals surface area contributed by atoms with Crippen molar-refractivity contribution in [3.8, 4) is 0 Å². The van der Waals surface area contributed by atoms with Gasteiger partial charge in [-0.05, 0) is 37.0 Å². The zero-order chi connectivity index (χ0) is 12.5. The lowest BCUT2D eigenvalue weighted by molar-refractivity contribution is 0.749. The molecule has 0 aliphatic heterocycles. The van der Waals surface area contributed by atoms with Gasteiger partial charge in [0.1, 0.15) is 10.7 Å². The molecule has 1 heterocycles. The van der Waals surface area contributed by atoms with Crippen LogP contribution in [0, 0.1) is 0 Å². The van der Waals surface area contributed by atoms with Crippen LogP contribution in [0.15, 0.2) is 18.3 Å². The molecule has 94 valence electrons. The molecule has 0 radical (unpaired) electrons. The van der Waals surface area contributed by atoms with E-state index < -0.39 is 0 Å². The SMILES string of the molecule is CSCCCCCNc1cccnc1C(N)=S. The fourth-order valence-electron chi connectivity index (χ4n) is 1.52. The molecule has 1 aromatic heterocycles. The van der Waals surface area contributed by atoms with Gasteiger partial charge in [0.15, 0.2) is 0 Å². The average Bonchev–Trinajstić information content (AvgIpc) is 2.34. The van der Waals surface area contributed by atoms with Crippen LogP contribution in [0.2, 0.25) is 0 Å². The summed E-state index contributed by atoms with van der Waals surface area (Å²) in [7, 11) is 0. The first-order chi connectivity index (χ1) is 8.25. The highest BCUT2D eigenvalue weighted by Crippen LogP contribution is 2.12. The molecule has 0 saturated heterocycles. The van der Waals surface area contributed by atoms with E-state index >= 15 is 0 Å². The Morgan fingerprint density at radius 1 is 1.47 bits per heavy atom. The van der Waals surface area contributed by atoms with E-state index in [4.69, 9.17) is 18.0 Å². The van der Waals surface area contributed by atoms with Crippen LogP contribution in [0.5, 0.6) is 0 Å². The average molecular weight is 269 g/mol. The zero-order valence-electron chi connectivity index (χ0n) is 10.1. The van der Waals surface area contributed by atoms with Crippen molar-refractivity contribution in [1.29, 1.82) is 0 Å². The molecule has 3 N–H and O–H groups in total. The van der Waals surface area contributed by atoms with E-state index in [0.717, 1.165) is 18.7 Å². The molecule has 0 fully saturated rings. The first-order valence-electron chi connectivity index (χ1n) is 5.73. The van der Waals surface area contributed by atoms with E-state index in [-0.39, 0.29) is 0 Å². The molecule has 0 atom stereocenters. The molecule has 1 aromatic rings. The van der Waals surface area contributed by atoms with Gasteiger partial charge in [-0.25, -0.2) is 0 Å². The minimum absolute atomic E-state index is 0.343. The minimum atomic E-state index is 0.343. The Balaban J connectivity index is 2.34. The highest BCUT2D eigenvalue weighted by molar-refractivity contribution is 7.98. The quantitative estimate of drug-likeness (QED) is 0.561. The van der Waals surface area contributed by atoms with E-state index in [2.05, 4.69) is 16.6 Å². The van der Waals surface area contributed by atoms with Crippen LogP contribution in [0.3, 0.4) is 0 Å². The molecule has 3 nitrogen and oxygen atoms in total. The summed E-state index contributed by atoms with van der Waals surface area (Å²) in [6, 6.07) is 3.85. The molecule has 0 spiro atoms. The fourth-order valence-corrected chi connectivity index (χ4v) is 2.17. The van der Waals surface area contributed by atoms with Crippen molar-refractivity contribution in [2.75, 3.05) is 23.9 Å². The summed E-state index contributed by atoms with van der Waals surface area (Å²) in [5.41, 5.74) is 7.23. The van der Waals surface area contributed by atoms with Crippen LogP contribution < -0.4 is 11.1 Å². The van der Waals surface area contributed by atoms with Crippen LogP contribution in [-0.4, -0.2) is 28.5 Å². The van der Waals surface area contributed by atoms with Gasteiger partial charge in [0.2, 0.25) is 0 Å². The molecule has 17 heavy (non-hydrogen) atoms. The first kappa shape index (κ1) is 14.3. The molecule has 0 aliphatic carbocycles. The first-order valence-corrected chi connectivity index (χ1v) is 7.53. The van der Waals surface area contributed by atoms with Crippen LogP contribution in [0.4, 0.5) is 5.69 Å². The maximum atomic E-state index is 5.61. The topological polar surface area (TPSA) is 50.9 Å². The Hall–Kier alpha value is -0.810. The lowest BCUT2D eigenvalue weighted by Crippen LogP contribution is -2.15. The van der Waals surface area contributed by atoms with E-state index in [0.29, 0.717) is 10.7 Å². The summed E-state index contributed by atoms with van der Waals surface area (Å²) in [6.45, 7) is 0.940. The molecule has 0 aliphatic rings. The number of rotatable bonds is 8. The van der Waals surface area contributed by atoms with Crippen molar-refractivity contribution in [3.63, 3.8) is 0 Å². The molecular weight excluding hydrogens is 250 g/mol. The molecule has 1 rings (SSSR count). The summed E-state index contributed by atoms with van der Waals surface area (Å²) < 4.78 is 0. The van der Waals surface area contributed by atoms with E-state index in [1.54, 1.807) is 6.20 Å². The zero-order valence-corrected chi connectivity index (χ0v) is 11.7. The number of aromatic nitrogens is 1. The fraction of sp³-hybridized carbons (Fsp3) is 0.500. The van der Waals surface area contributed by atoms with Gasteiger partial charge in [-0.1, -0.05) is 18.6 Å². The number of hydrogen-bond donors (Lipinski definition) is 2. The number of hydrogen-bond acceptors (Lipinski definition) is 4. The third-order valence-corrected chi connectivity index (χ3v) is 3.27. The largest absolute Gasteiger partial charge is 0.388 e. The maximum absolute atomic E-state index is 5.61. The van der Waals surface area contributed by atoms with Crippen molar-refractivity contribution < 1.29 is 0 Å². The monoisotopic (exact) mass is 269 g/mol. The van der Waals surface area contributed by atoms with Gasteiger partial charge in [0.25, 0.3) is 0 Å². The van der Waals surface area contributed by atoms with Gasteiger partial charge < -0.3 is 11.1 Å². The number of thioether (sulfide) groups is 1. The van der Waals surface area contributed by atoms with Crippen molar-refractivity contribution in [2.45, 2.75) is 19.3 Å². The second-order valence-corrected chi connectivity index (χ2v) is 5.17. The van der Waals surface area contributed by atoms with E-state index in [9.17, 15) is 0 Å². The molecule has 0 bridgehead atoms. The number of pyridine rings is 1. The van der Waals surface area contributed by atoms with Gasteiger partial charge >= 0.3 is 0 Å². The molecular formula is C12H19N3S2. The lowest BCUT2D eigenvalue weighted by Gasteiger charge is -2.09. The normalized spacial score (nSPS) is 10.2. The van der Waals surface area contributed by atoms with Crippen molar-refractivity contribution in [1.82, 2.24) is 4.98 Å². The Labute approximate surface area is 113 Å². The number of nitrogens with zero attached hydrogens (tertiary/aromatic N) is 1. The minimum Gasteiger partial charge on any atom is -0.388 e. The van der Waals surface area contributed by atoms with E-state index in [1.807, 2.05) is 23.9 Å². The Bertz CT molecular complexity index is 355. The summed E-state index contributed by atoms with van der Waals surface area (Å²) in [6.07, 6.45) is 7.53. The number of unbranched alkanes of at least 4 members (excludes halogenated alkanes) is 2. The van der Waals surface area contributed by atoms with Crippen LogP contribution in [-0.2, 0) is 0 Å². The Kier molecular flexibility index (Phi) is 6.96. The lowest BCUT2D eigenvalue weighted by atomic mass is 10.2. The number of nitrogens with one attached hydrogen (secondary N) is 1. The third-order valence-electron chi connectivity index (χ3n) is 2.38. The van der Waals surface area contributed by atoms with Gasteiger partial charge in [0.05, 0.1) is 5.69 Å². The van der Waals surface area contributed by atoms with Crippen LogP contribution >= 0.6 is 24.0 Å². The van der Waals surface area contributed by atoms with Gasteiger partial charge in [-0.3, -0.25) is 4.98 Å². The molecule has 0 amide bonds. The second-order valence-electron chi connectivity index (χ2n) is 3.74. The predicted octanol–water partition coefficient (Wildman–Crippen LogP) is 2.66. The Morgan fingerprint density at radius 2 is 2.29 bits per heavy atom. The summed E-state index contributed by atoms with van der Waals surface area (Å²) >= 11 is 6.86. The molecule has 0 saturated carbocycles. The standard InChI is InChI=1S/C12H19N3S2/c1-17-9-4-2-3-7-14-10-6-5-8-15-11(10)12(13)16/h5-6,8,14H,2-4,7,9H2,1H3,(H2,13,16). The highest BCUT2D eigenvalue weighted by Gasteiger charge is 2.04. The summed E-state index contributed by atoms with van der Waals surface area (Å²) in [5.74, 6) is 1.24. The molecule has 0 aromatic carbocycles. The summed E-state index contributed by atoms with van der Waals surface area (Å²) in [4.78, 5) is 4.52. The van der Waals surface area contributed by atoms with Crippen LogP contribution in [0.25, 0.3) is 0 Å². The molecule has 0 unspecified atom stereocenters. The summed E-state index contributed by atoms with van der Waals surface area (Å²) in [5, 5.41) is 3.33. The van der Waals surface area contributed by atoms with Gasteiger partial charge in [0, 0.05) is 12.7 Å². The smallest absolute Gasteiger partial charge is 0.124 e. The highest BCUT2D eigenvalue weighted by atomic mass is 32.2. The number of nitrogens with two attached hydrogens (primary N) is 1. The van der Waals surface area contributed by atoms with Crippen molar-refractivity contribution in [3.05, 3.63) is 24.0 Å². The van der Waals surface area contributed by atoms with Crippen LogP contribution in [0.1, 0.15) is 25.0 Å². The number of anilines is 1. The van der Waals surface area contributed by atoms with Gasteiger partial charge in [-0.15, -0.1) is 0 Å².